The number of nitrogens with one attached hydrogen (secondary N) is 1. The Morgan fingerprint density at radius 3 is 2.27 bits per heavy atom. The number of nitrogens with zero attached hydrogens (tertiary/aromatic N) is 1. The van der Waals surface area contributed by atoms with E-state index in [2.05, 4.69) is 5.32 Å². The van der Waals surface area contributed by atoms with Crippen LogP contribution in [-0.2, 0) is 14.8 Å². The number of rotatable bonds is 4. The summed E-state index contributed by atoms with van der Waals surface area (Å²) in [6.07, 6.45) is 0.783. The molecule has 1 saturated heterocycles. The molecule has 1 heterocycles. The molecule has 0 aliphatic carbocycles. The average Bonchev–Trinajstić information content (AvgIpc) is 2.46. The van der Waals surface area contributed by atoms with Crippen molar-refractivity contribution < 1.29 is 22.0 Å². The van der Waals surface area contributed by atoms with Gasteiger partial charge in [0.1, 0.15) is 11.6 Å². The third-order valence-electron chi connectivity index (χ3n) is 3.71. The van der Waals surface area contributed by atoms with Gasteiger partial charge in [-0.3, -0.25) is 4.79 Å². The summed E-state index contributed by atoms with van der Waals surface area (Å²) in [7, 11) is -3.24. The number of amides is 1. The minimum atomic E-state index is -3.24. The summed E-state index contributed by atoms with van der Waals surface area (Å²) in [5.74, 6) is -2.21. The fraction of sp³-hybridized carbons (Fsp3) is 0.500. The summed E-state index contributed by atoms with van der Waals surface area (Å²) >= 11 is 0. The van der Waals surface area contributed by atoms with Gasteiger partial charge < -0.3 is 5.32 Å². The van der Waals surface area contributed by atoms with Gasteiger partial charge in [0.25, 0.3) is 0 Å². The van der Waals surface area contributed by atoms with Crippen molar-refractivity contribution in [2.24, 2.45) is 5.92 Å². The lowest BCUT2D eigenvalue weighted by atomic mass is 9.97. The highest BCUT2D eigenvalue weighted by molar-refractivity contribution is 7.89. The van der Waals surface area contributed by atoms with E-state index in [4.69, 9.17) is 0 Å². The van der Waals surface area contributed by atoms with Gasteiger partial charge in [0.15, 0.2) is 0 Å². The summed E-state index contributed by atoms with van der Waals surface area (Å²) in [6.45, 7) is 2.14. The zero-order valence-corrected chi connectivity index (χ0v) is 13.0. The molecule has 1 aliphatic heterocycles. The molecule has 1 amide bonds. The van der Waals surface area contributed by atoms with Crippen molar-refractivity contribution in [1.82, 2.24) is 4.31 Å². The molecule has 1 fully saturated rings. The lowest BCUT2D eigenvalue weighted by Crippen LogP contribution is -2.42. The molecular weight excluding hydrogens is 314 g/mol. The molecule has 1 N–H and O–H groups in total. The number of sulfonamides is 1. The third kappa shape index (κ3) is 4.01. The minimum absolute atomic E-state index is 0.0342. The highest BCUT2D eigenvalue weighted by Gasteiger charge is 2.30. The van der Waals surface area contributed by atoms with Crippen molar-refractivity contribution in [3.8, 4) is 0 Å². The SMILES string of the molecule is CCS(=O)(=O)N1CCC(C(=O)Nc2cc(F)cc(F)c2)CC1. The van der Waals surface area contributed by atoms with Crippen molar-refractivity contribution in [1.29, 1.82) is 0 Å². The van der Waals surface area contributed by atoms with Crippen LogP contribution in [-0.4, -0.2) is 37.5 Å². The molecule has 0 unspecified atom stereocenters. The fourth-order valence-electron chi connectivity index (χ4n) is 2.45. The van der Waals surface area contributed by atoms with E-state index in [1.54, 1.807) is 6.92 Å². The maximum Gasteiger partial charge on any atom is 0.227 e. The lowest BCUT2D eigenvalue weighted by Gasteiger charge is -2.30. The molecule has 22 heavy (non-hydrogen) atoms. The highest BCUT2D eigenvalue weighted by Crippen LogP contribution is 2.22. The molecule has 5 nitrogen and oxygen atoms in total. The van der Waals surface area contributed by atoms with Gasteiger partial charge in [-0.15, -0.1) is 0 Å². The van der Waals surface area contributed by atoms with Gasteiger partial charge in [-0.1, -0.05) is 0 Å². The van der Waals surface area contributed by atoms with Crippen LogP contribution in [0.4, 0.5) is 14.5 Å². The second-order valence-electron chi connectivity index (χ2n) is 5.22. The van der Waals surface area contributed by atoms with Gasteiger partial charge in [-0.25, -0.2) is 21.5 Å². The third-order valence-corrected chi connectivity index (χ3v) is 5.59. The van der Waals surface area contributed by atoms with Crippen LogP contribution in [0.1, 0.15) is 19.8 Å². The van der Waals surface area contributed by atoms with E-state index >= 15 is 0 Å². The molecule has 0 atom stereocenters. The number of anilines is 1. The van der Waals surface area contributed by atoms with Crippen LogP contribution in [0.15, 0.2) is 18.2 Å². The lowest BCUT2D eigenvalue weighted by molar-refractivity contribution is -0.120. The number of hydrogen-bond donors (Lipinski definition) is 1. The van der Waals surface area contributed by atoms with Crippen LogP contribution >= 0.6 is 0 Å². The summed E-state index contributed by atoms with van der Waals surface area (Å²) < 4.78 is 51.0. The van der Waals surface area contributed by atoms with E-state index in [-0.39, 0.29) is 36.4 Å². The van der Waals surface area contributed by atoms with Crippen LogP contribution in [0.25, 0.3) is 0 Å². The largest absolute Gasteiger partial charge is 0.326 e. The van der Waals surface area contributed by atoms with Crippen LogP contribution in [0.3, 0.4) is 0 Å². The Morgan fingerprint density at radius 2 is 1.77 bits per heavy atom. The first kappa shape index (κ1) is 16.8. The van der Waals surface area contributed by atoms with E-state index in [0.717, 1.165) is 18.2 Å². The molecule has 0 spiro atoms. The Morgan fingerprint density at radius 1 is 1.23 bits per heavy atom. The van der Waals surface area contributed by atoms with Crippen LogP contribution in [0.2, 0.25) is 0 Å². The summed E-state index contributed by atoms with van der Waals surface area (Å²) in [5.41, 5.74) is 0.0612. The van der Waals surface area contributed by atoms with Crippen LogP contribution in [0, 0.1) is 17.6 Å². The molecule has 8 heteroatoms. The predicted molar refractivity (Wildman–Crippen MR) is 78.7 cm³/mol. The monoisotopic (exact) mass is 332 g/mol. The zero-order chi connectivity index (χ0) is 16.3. The van der Waals surface area contributed by atoms with Crippen molar-refractivity contribution in [2.75, 3.05) is 24.2 Å². The Kier molecular flexibility index (Phi) is 5.12. The summed E-state index contributed by atoms with van der Waals surface area (Å²) in [5, 5.41) is 2.47. The molecule has 0 bridgehead atoms. The Balaban J connectivity index is 1.95. The molecule has 0 saturated carbocycles. The topological polar surface area (TPSA) is 66.5 Å². The normalized spacial score (nSPS) is 17.4. The molecule has 122 valence electrons. The second-order valence-corrected chi connectivity index (χ2v) is 7.48. The van der Waals surface area contributed by atoms with Crippen molar-refractivity contribution in [3.63, 3.8) is 0 Å². The molecular formula is C14H18F2N2O3S. The number of benzene rings is 1. The maximum absolute atomic E-state index is 13.1. The molecule has 1 aromatic carbocycles. The first-order valence-electron chi connectivity index (χ1n) is 7.06. The first-order valence-corrected chi connectivity index (χ1v) is 8.67. The van der Waals surface area contributed by atoms with Crippen molar-refractivity contribution >= 4 is 21.6 Å². The van der Waals surface area contributed by atoms with Crippen LogP contribution < -0.4 is 5.32 Å². The Hall–Kier alpha value is -1.54. The molecule has 2 rings (SSSR count). The second kappa shape index (κ2) is 6.70. The Bertz CT molecular complexity index is 636. The predicted octanol–water partition coefficient (Wildman–Crippen LogP) is 1.97. The Labute approximate surface area is 128 Å². The van der Waals surface area contributed by atoms with Gasteiger partial charge in [0.05, 0.1) is 5.75 Å². The van der Waals surface area contributed by atoms with Gasteiger partial charge in [-0.05, 0) is 31.9 Å². The van der Waals surface area contributed by atoms with E-state index < -0.39 is 21.7 Å². The van der Waals surface area contributed by atoms with Crippen molar-refractivity contribution in [3.05, 3.63) is 29.8 Å². The number of carbonyl (C=O) groups excluding carboxylic acids is 1. The van der Waals surface area contributed by atoms with Crippen molar-refractivity contribution in [2.45, 2.75) is 19.8 Å². The smallest absolute Gasteiger partial charge is 0.227 e. The standard InChI is InChI=1S/C14H18F2N2O3S/c1-2-22(20,21)18-5-3-10(4-6-18)14(19)17-13-8-11(15)7-12(16)9-13/h7-10H,2-6H2,1H3,(H,17,19). The highest BCUT2D eigenvalue weighted by atomic mass is 32.2. The fourth-order valence-corrected chi connectivity index (χ4v) is 3.58. The van der Waals surface area contributed by atoms with E-state index in [9.17, 15) is 22.0 Å². The number of hydrogen-bond acceptors (Lipinski definition) is 3. The number of piperidine rings is 1. The zero-order valence-electron chi connectivity index (χ0n) is 12.2. The van der Waals surface area contributed by atoms with E-state index in [0.29, 0.717) is 12.8 Å². The average molecular weight is 332 g/mol. The van der Waals surface area contributed by atoms with Gasteiger partial charge in [-0.2, -0.15) is 0 Å². The minimum Gasteiger partial charge on any atom is -0.326 e. The molecule has 1 aliphatic rings. The van der Waals surface area contributed by atoms with E-state index in [1.165, 1.54) is 4.31 Å². The summed E-state index contributed by atoms with van der Waals surface area (Å²) in [6, 6.07) is 2.80. The number of carbonyl (C=O) groups is 1. The first-order chi connectivity index (χ1) is 10.3. The molecule has 0 radical (unpaired) electrons. The van der Waals surface area contributed by atoms with Gasteiger partial charge >= 0.3 is 0 Å². The molecule has 1 aromatic rings. The van der Waals surface area contributed by atoms with Gasteiger partial charge in [0, 0.05) is 30.8 Å². The summed E-state index contributed by atoms with van der Waals surface area (Å²) in [4.78, 5) is 12.1. The van der Waals surface area contributed by atoms with Gasteiger partial charge in [0.2, 0.25) is 15.9 Å². The van der Waals surface area contributed by atoms with Crippen LogP contribution in [0.5, 0.6) is 0 Å². The maximum atomic E-state index is 13.1. The van der Waals surface area contributed by atoms with E-state index in [1.807, 2.05) is 0 Å². The molecule has 0 aromatic heterocycles. The quantitative estimate of drug-likeness (QED) is 0.917. The number of halogens is 2.